The van der Waals surface area contributed by atoms with Crippen LogP contribution in [0, 0.1) is 5.82 Å². The fraction of sp³-hybridized carbons (Fsp3) is 0.208. The van der Waals surface area contributed by atoms with Crippen molar-refractivity contribution >= 4 is 11.8 Å². The van der Waals surface area contributed by atoms with Crippen LogP contribution in [0.1, 0.15) is 51.7 Å². The number of benzene rings is 2. The Hall–Kier alpha value is -3.74. The molecule has 1 heterocycles. The van der Waals surface area contributed by atoms with Gasteiger partial charge in [0.25, 0.3) is 11.8 Å². The Morgan fingerprint density at radius 3 is 2.39 bits per heavy atom. The monoisotopic (exact) mass is 421 g/mol. The summed E-state index contributed by atoms with van der Waals surface area (Å²) in [5, 5.41) is 2.75. The van der Waals surface area contributed by atoms with Crippen LogP contribution in [0.15, 0.2) is 54.6 Å². The van der Waals surface area contributed by atoms with Crippen LogP contribution in [-0.4, -0.2) is 23.9 Å². The molecule has 3 N–H and O–H groups in total. The Balaban J connectivity index is 1.79. The van der Waals surface area contributed by atoms with Crippen LogP contribution in [-0.2, 0) is 6.54 Å². The van der Waals surface area contributed by atoms with E-state index in [1.165, 1.54) is 19.2 Å². The van der Waals surface area contributed by atoms with Crippen molar-refractivity contribution in [3.63, 3.8) is 0 Å². The average Bonchev–Trinajstić information content (AvgIpc) is 2.77. The third-order valence-corrected chi connectivity index (χ3v) is 4.86. The van der Waals surface area contributed by atoms with Gasteiger partial charge >= 0.3 is 0 Å². The fourth-order valence-corrected chi connectivity index (χ4v) is 3.13. The molecule has 3 aromatic rings. The molecule has 0 aliphatic heterocycles. The molecule has 0 spiro atoms. The number of methoxy groups -OCH3 is 1. The highest BCUT2D eigenvalue weighted by molar-refractivity contribution is 5.99. The smallest absolute Gasteiger partial charge is 0.255 e. The van der Waals surface area contributed by atoms with Gasteiger partial charge in [0.2, 0.25) is 0 Å². The number of pyridine rings is 1. The number of halogens is 1. The van der Waals surface area contributed by atoms with E-state index >= 15 is 0 Å². The predicted octanol–water partition coefficient (Wildman–Crippen LogP) is 4.05. The molecular weight excluding hydrogens is 397 g/mol. The van der Waals surface area contributed by atoms with Gasteiger partial charge < -0.3 is 15.8 Å². The van der Waals surface area contributed by atoms with Crippen molar-refractivity contribution in [2.75, 3.05) is 7.11 Å². The van der Waals surface area contributed by atoms with E-state index in [1.807, 2.05) is 38.1 Å². The van der Waals surface area contributed by atoms with Gasteiger partial charge in [-0.05, 0) is 41.8 Å². The van der Waals surface area contributed by atoms with E-state index < -0.39 is 17.6 Å². The summed E-state index contributed by atoms with van der Waals surface area (Å²) in [7, 11) is 1.42. The second-order valence-corrected chi connectivity index (χ2v) is 7.38. The highest BCUT2D eigenvalue weighted by Crippen LogP contribution is 2.25. The van der Waals surface area contributed by atoms with Crippen LogP contribution in [0.4, 0.5) is 4.39 Å². The van der Waals surface area contributed by atoms with E-state index in [1.54, 1.807) is 12.1 Å². The van der Waals surface area contributed by atoms with Crippen LogP contribution in [0.2, 0.25) is 0 Å². The van der Waals surface area contributed by atoms with Crippen LogP contribution >= 0.6 is 0 Å². The molecule has 0 radical (unpaired) electrons. The maximum absolute atomic E-state index is 13.5. The molecule has 0 aliphatic rings. The number of aromatic nitrogens is 1. The Bertz CT molecular complexity index is 1110. The molecule has 2 aromatic carbocycles. The highest BCUT2D eigenvalue weighted by atomic mass is 19.1. The number of nitrogens with two attached hydrogens (primary N) is 1. The number of hydrogen-bond donors (Lipinski definition) is 2. The first-order chi connectivity index (χ1) is 14.8. The normalized spacial score (nSPS) is 10.7. The third kappa shape index (κ3) is 5.06. The lowest BCUT2D eigenvalue weighted by Crippen LogP contribution is -2.23. The quantitative estimate of drug-likeness (QED) is 0.602. The van der Waals surface area contributed by atoms with E-state index in [0.29, 0.717) is 17.0 Å². The van der Waals surface area contributed by atoms with Gasteiger partial charge in [-0.3, -0.25) is 14.6 Å². The van der Waals surface area contributed by atoms with E-state index in [4.69, 9.17) is 10.5 Å². The minimum Gasteiger partial charge on any atom is -0.496 e. The SMILES string of the molecule is COc1ccc(F)cc1C(=O)NCc1ccc(-c2nc(C(C)C)ccc2C(N)=O)cc1. The van der Waals surface area contributed by atoms with Gasteiger partial charge in [0.05, 0.1) is 23.9 Å². The van der Waals surface area contributed by atoms with E-state index in [0.717, 1.165) is 22.9 Å². The number of nitrogens with one attached hydrogen (secondary N) is 1. The Kier molecular flexibility index (Phi) is 6.65. The average molecular weight is 421 g/mol. The molecule has 0 fully saturated rings. The van der Waals surface area contributed by atoms with Crippen molar-refractivity contribution in [3.8, 4) is 17.0 Å². The number of nitrogens with zero attached hydrogens (tertiary/aromatic N) is 1. The molecule has 6 nitrogen and oxygen atoms in total. The molecule has 7 heteroatoms. The number of rotatable bonds is 7. The number of hydrogen-bond acceptors (Lipinski definition) is 4. The first kappa shape index (κ1) is 22.0. The van der Waals surface area contributed by atoms with Gasteiger partial charge in [-0.2, -0.15) is 0 Å². The second kappa shape index (κ2) is 9.38. The Morgan fingerprint density at radius 1 is 1.06 bits per heavy atom. The second-order valence-electron chi connectivity index (χ2n) is 7.38. The standard InChI is InChI=1S/C24H24FN3O3/c1-14(2)20-10-9-18(23(26)29)22(28-20)16-6-4-15(5-7-16)13-27-24(30)19-12-17(25)8-11-21(19)31-3/h4-12,14H,13H2,1-3H3,(H2,26,29)(H,27,30). The minimum atomic E-state index is -0.543. The molecule has 0 bridgehead atoms. The van der Waals surface area contributed by atoms with E-state index in [-0.39, 0.29) is 18.0 Å². The lowest BCUT2D eigenvalue weighted by molar-refractivity contribution is 0.0946. The van der Waals surface area contributed by atoms with Crippen LogP contribution in [0.5, 0.6) is 5.75 Å². The van der Waals surface area contributed by atoms with Gasteiger partial charge in [0.15, 0.2) is 0 Å². The number of amides is 2. The summed E-state index contributed by atoms with van der Waals surface area (Å²) >= 11 is 0. The molecule has 31 heavy (non-hydrogen) atoms. The predicted molar refractivity (Wildman–Crippen MR) is 116 cm³/mol. The van der Waals surface area contributed by atoms with Crippen LogP contribution < -0.4 is 15.8 Å². The number of carbonyl (C=O) groups is 2. The molecular formula is C24H24FN3O3. The summed E-state index contributed by atoms with van der Waals surface area (Å²) < 4.78 is 18.6. The number of primary amides is 1. The summed E-state index contributed by atoms with van der Waals surface area (Å²) in [4.78, 5) is 28.9. The first-order valence-corrected chi connectivity index (χ1v) is 9.82. The van der Waals surface area contributed by atoms with Gasteiger partial charge in [0.1, 0.15) is 11.6 Å². The molecule has 2 amide bonds. The molecule has 0 unspecified atom stereocenters. The molecule has 0 saturated carbocycles. The summed E-state index contributed by atoms with van der Waals surface area (Å²) in [6.45, 7) is 4.28. The molecule has 160 valence electrons. The van der Waals surface area contributed by atoms with E-state index in [9.17, 15) is 14.0 Å². The third-order valence-electron chi connectivity index (χ3n) is 4.86. The molecule has 0 saturated heterocycles. The van der Waals surface area contributed by atoms with Gasteiger partial charge in [0, 0.05) is 17.8 Å². The van der Waals surface area contributed by atoms with Crippen LogP contribution in [0.3, 0.4) is 0 Å². The minimum absolute atomic E-state index is 0.125. The van der Waals surface area contributed by atoms with Crippen molar-refractivity contribution in [2.45, 2.75) is 26.3 Å². The maximum atomic E-state index is 13.5. The summed E-state index contributed by atoms with van der Waals surface area (Å²) in [5.74, 6) is -1.00. The topological polar surface area (TPSA) is 94.3 Å². The zero-order valence-corrected chi connectivity index (χ0v) is 17.6. The van der Waals surface area contributed by atoms with Gasteiger partial charge in [-0.25, -0.2) is 4.39 Å². The maximum Gasteiger partial charge on any atom is 0.255 e. The number of carbonyl (C=O) groups excluding carboxylic acids is 2. The fourth-order valence-electron chi connectivity index (χ4n) is 3.13. The van der Waals surface area contributed by atoms with Crippen molar-refractivity contribution in [2.24, 2.45) is 5.73 Å². The van der Waals surface area contributed by atoms with Gasteiger partial charge in [-0.1, -0.05) is 38.1 Å². The van der Waals surface area contributed by atoms with Crippen LogP contribution in [0.25, 0.3) is 11.3 Å². The summed E-state index contributed by atoms with van der Waals surface area (Å²) in [5.41, 5.74) is 8.95. The molecule has 0 atom stereocenters. The molecule has 0 aliphatic carbocycles. The summed E-state index contributed by atoms with van der Waals surface area (Å²) in [6, 6.07) is 14.6. The van der Waals surface area contributed by atoms with Gasteiger partial charge in [-0.15, -0.1) is 0 Å². The lowest BCUT2D eigenvalue weighted by atomic mass is 10.0. The van der Waals surface area contributed by atoms with Crippen molar-refractivity contribution in [1.29, 1.82) is 0 Å². The largest absolute Gasteiger partial charge is 0.496 e. The zero-order valence-electron chi connectivity index (χ0n) is 17.6. The molecule has 3 rings (SSSR count). The van der Waals surface area contributed by atoms with E-state index in [2.05, 4.69) is 10.3 Å². The van der Waals surface area contributed by atoms with Crippen molar-refractivity contribution in [1.82, 2.24) is 10.3 Å². The molecule has 1 aromatic heterocycles. The number of ether oxygens (including phenoxy) is 1. The zero-order chi connectivity index (χ0) is 22.5. The lowest BCUT2D eigenvalue weighted by Gasteiger charge is -2.12. The van der Waals surface area contributed by atoms with Crippen molar-refractivity contribution < 1.29 is 18.7 Å². The van der Waals surface area contributed by atoms with Crippen molar-refractivity contribution in [3.05, 3.63) is 82.8 Å². The summed E-state index contributed by atoms with van der Waals surface area (Å²) in [6.07, 6.45) is 0. The highest BCUT2D eigenvalue weighted by Gasteiger charge is 2.15. The Morgan fingerprint density at radius 2 is 1.77 bits per heavy atom. The Labute approximate surface area is 180 Å². The first-order valence-electron chi connectivity index (χ1n) is 9.82.